The summed E-state index contributed by atoms with van der Waals surface area (Å²) in [7, 11) is 0. The third-order valence-electron chi connectivity index (χ3n) is 4.58. The standard InChI is InChI=1S/C16H31NO2/c1-12(2)7-8-14(4)17-9-5-6-15(11-17)13(3)10-16(18)19/h12-15H,5-11H2,1-4H3,(H,18,19). The fraction of sp³-hybridized carbons (Fsp3) is 0.938. The number of nitrogens with zero attached hydrogens (tertiary/aromatic N) is 1. The van der Waals surface area contributed by atoms with Gasteiger partial charge in [0.05, 0.1) is 0 Å². The van der Waals surface area contributed by atoms with Gasteiger partial charge in [-0.2, -0.15) is 0 Å². The molecule has 0 aliphatic carbocycles. The zero-order chi connectivity index (χ0) is 14.4. The molecule has 0 aromatic rings. The molecule has 1 rings (SSSR count). The van der Waals surface area contributed by atoms with Gasteiger partial charge in [0.25, 0.3) is 0 Å². The molecule has 3 heteroatoms. The predicted molar refractivity (Wildman–Crippen MR) is 79.2 cm³/mol. The van der Waals surface area contributed by atoms with E-state index in [0.29, 0.717) is 24.3 Å². The summed E-state index contributed by atoms with van der Waals surface area (Å²) in [6.45, 7) is 11.3. The Morgan fingerprint density at radius 3 is 2.53 bits per heavy atom. The van der Waals surface area contributed by atoms with Gasteiger partial charge < -0.3 is 10.0 Å². The van der Waals surface area contributed by atoms with Gasteiger partial charge >= 0.3 is 5.97 Å². The Bertz CT molecular complexity index is 278. The molecule has 112 valence electrons. The highest BCUT2D eigenvalue weighted by atomic mass is 16.4. The van der Waals surface area contributed by atoms with E-state index < -0.39 is 5.97 Å². The van der Waals surface area contributed by atoms with Gasteiger partial charge in [0, 0.05) is 19.0 Å². The van der Waals surface area contributed by atoms with Crippen LogP contribution in [0.25, 0.3) is 0 Å². The second-order valence-corrected chi connectivity index (χ2v) is 6.79. The highest BCUT2D eigenvalue weighted by Crippen LogP contribution is 2.28. The third-order valence-corrected chi connectivity index (χ3v) is 4.58. The van der Waals surface area contributed by atoms with Crippen LogP contribution in [0.5, 0.6) is 0 Å². The van der Waals surface area contributed by atoms with Crippen molar-refractivity contribution in [3.05, 3.63) is 0 Å². The van der Waals surface area contributed by atoms with Crippen LogP contribution in [0.2, 0.25) is 0 Å². The minimum Gasteiger partial charge on any atom is -0.481 e. The maximum absolute atomic E-state index is 10.8. The number of piperidine rings is 1. The van der Waals surface area contributed by atoms with Gasteiger partial charge in [0.2, 0.25) is 0 Å². The molecule has 0 spiro atoms. The van der Waals surface area contributed by atoms with Crippen molar-refractivity contribution in [2.75, 3.05) is 13.1 Å². The summed E-state index contributed by atoms with van der Waals surface area (Å²) in [5.41, 5.74) is 0. The Kier molecular flexibility index (Phi) is 6.84. The summed E-state index contributed by atoms with van der Waals surface area (Å²) in [5.74, 6) is 0.982. The van der Waals surface area contributed by atoms with Crippen molar-refractivity contribution >= 4 is 5.97 Å². The number of likely N-dealkylation sites (tertiary alicyclic amines) is 1. The van der Waals surface area contributed by atoms with Crippen LogP contribution in [0, 0.1) is 17.8 Å². The van der Waals surface area contributed by atoms with Crippen molar-refractivity contribution in [1.82, 2.24) is 4.90 Å². The van der Waals surface area contributed by atoms with Crippen LogP contribution in [0.3, 0.4) is 0 Å². The van der Waals surface area contributed by atoms with Crippen LogP contribution < -0.4 is 0 Å². The zero-order valence-electron chi connectivity index (χ0n) is 13.1. The van der Waals surface area contributed by atoms with Gasteiger partial charge in [-0.1, -0.05) is 20.8 Å². The molecule has 3 unspecified atom stereocenters. The van der Waals surface area contributed by atoms with Crippen LogP contribution in [0.1, 0.15) is 59.8 Å². The van der Waals surface area contributed by atoms with Crippen molar-refractivity contribution in [3.63, 3.8) is 0 Å². The molecule has 0 aromatic heterocycles. The smallest absolute Gasteiger partial charge is 0.303 e. The molecule has 0 amide bonds. The first-order valence-corrected chi connectivity index (χ1v) is 7.86. The summed E-state index contributed by atoms with van der Waals surface area (Å²) in [6, 6.07) is 0.641. The van der Waals surface area contributed by atoms with Gasteiger partial charge in [0.15, 0.2) is 0 Å². The highest BCUT2D eigenvalue weighted by molar-refractivity contribution is 5.67. The largest absolute Gasteiger partial charge is 0.481 e. The normalized spacial score (nSPS) is 24.4. The van der Waals surface area contributed by atoms with Crippen molar-refractivity contribution in [2.24, 2.45) is 17.8 Å². The molecule has 1 aliphatic heterocycles. The molecule has 3 nitrogen and oxygen atoms in total. The lowest BCUT2D eigenvalue weighted by molar-refractivity contribution is -0.138. The van der Waals surface area contributed by atoms with Crippen molar-refractivity contribution in [2.45, 2.75) is 65.8 Å². The van der Waals surface area contributed by atoms with Gasteiger partial charge in [-0.25, -0.2) is 0 Å². The van der Waals surface area contributed by atoms with Crippen LogP contribution in [-0.4, -0.2) is 35.1 Å². The summed E-state index contributed by atoms with van der Waals surface area (Å²) < 4.78 is 0. The lowest BCUT2D eigenvalue weighted by Gasteiger charge is -2.39. The number of carboxylic acids is 1. The van der Waals surface area contributed by atoms with E-state index >= 15 is 0 Å². The number of carboxylic acid groups (broad SMARTS) is 1. The summed E-state index contributed by atoms with van der Waals surface area (Å²) >= 11 is 0. The molecule has 1 aliphatic rings. The fourth-order valence-electron chi connectivity index (χ4n) is 3.10. The van der Waals surface area contributed by atoms with Crippen molar-refractivity contribution < 1.29 is 9.90 Å². The Labute approximate surface area is 118 Å². The van der Waals surface area contributed by atoms with Crippen LogP contribution in [0.15, 0.2) is 0 Å². The van der Waals surface area contributed by atoms with Crippen molar-refractivity contribution in [3.8, 4) is 0 Å². The molecule has 1 N–H and O–H groups in total. The monoisotopic (exact) mass is 269 g/mol. The molecule has 0 saturated carbocycles. The quantitative estimate of drug-likeness (QED) is 0.767. The van der Waals surface area contributed by atoms with E-state index in [-0.39, 0.29) is 0 Å². The molecule has 3 atom stereocenters. The van der Waals surface area contributed by atoms with E-state index in [1.807, 2.05) is 0 Å². The van der Waals surface area contributed by atoms with E-state index in [4.69, 9.17) is 5.11 Å². The third kappa shape index (κ3) is 5.94. The van der Waals surface area contributed by atoms with E-state index in [9.17, 15) is 4.79 Å². The maximum atomic E-state index is 10.8. The second kappa shape index (κ2) is 7.88. The Balaban J connectivity index is 2.42. The summed E-state index contributed by atoms with van der Waals surface area (Å²) in [4.78, 5) is 13.4. The van der Waals surface area contributed by atoms with Crippen LogP contribution in [-0.2, 0) is 4.79 Å². The number of hydrogen-bond acceptors (Lipinski definition) is 2. The SMILES string of the molecule is CC(C)CCC(C)N1CCCC(C(C)CC(=O)O)C1. The Hall–Kier alpha value is -0.570. The predicted octanol–water partition coefficient (Wildman–Crippen LogP) is 3.63. The fourth-order valence-corrected chi connectivity index (χ4v) is 3.10. The topological polar surface area (TPSA) is 40.5 Å². The first-order chi connectivity index (χ1) is 8.90. The number of hydrogen-bond donors (Lipinski definition) is 1. The zero-order valence-corrected chi connectivity index (χ0v) is 13.1. The molecule has 1 saturated heterocycles. The molecular weight excluding hydrogens is 238 g/mol. The Morgan fingerprint density at radius 2 is 1.95 bits per heavy atom. The first kappa shape index (κ1) is 16.5. The average molecular weight is 269 g/mol. The Morgan fingerprint density at radius 1 is 1.26 bits per heavy atom. The van der Waals surface area contributed by atoms with E-state index in [1.165, 1.54) is 32.2 Å². The van der Waals surface area contributed by atoms with Crippen LogP contribution in [0.4, 0.5) is 0 Å². The molecule has 0 aromatic carbocycles. The summed E-state index contributed by atoms with van der Waals surface area (Å²) in [6.07, 6.45) is 5.28. The molecule has 19 heavy (non-hydrogen) atoms. The van der Waals surface area contributed by atoms with Gasteiger partial charge in [-0.15, -0.1) is 0 Å². The van der Waals surface area contributed by atoms with Crippen LogP contribution >= 0.6 is 0 Å². The number of rotatable bonds is 7. The number of carbonyl (C=O) groups is 1. The molecule has 0 radical (unpaired) electrons. The lowest BCUT2D eigenvalue weighted by Crippen LogP contribution is -2.43. The highest BCUT2D eigenvalue weighted by Gasteiger charge is 2.28. The molecule has 0 bridgehead atoms. The van der Waals surface area contributed by atoms with E-state index in [1.54, 1.807) is 0 Å². The number of aliphatic carboxylic acids is 1. The van der Waals surface area contributed by atoms with Gasteiger partial charge in [-0.05, 0) is 56.9 Å². The minimum atomic E-state index is -0.655. The molecule has 1 heterocycles. The van der Waals surface area contributed by atoms with Crippen molar-refractivity contribution in [1.29, 1.82) is 0 Å². The van der Waals surface area contributed by atoms with E-state index in [2.05, 4.69) is 32.6 Å². The minimum absolute atomic E-state index is 0.303. The van der Waals surface area contributed by atoms with Gasteiger partial charge in [0.1, 0.15) is 0 Å². The van der Waals surface area contributed by atoms with Gasteiger partial charge in [-0.3, -0.25) is 4.79 Å². The molecular formula is C16H31NO2. The maximum Gasteiger partial charge on any atom is 0.303 e. The average Bonchev–Trinajstić information content (AvgIpc) is 2.35. The first-order valence-electron chi connectivity index (χ1n) is 7.86. The second-order valence-electron chi connectivity index (χ2n) is 6.79. The van der Waals surface area contributed by atoms with E-state index in [0.717, 1.165) is 12.5 Å². The summed E-state index contributed by atoms with van der Waals surface area (Å²) in [5, 5.41) is 8.92. The lowest BCUT2D eigenvalue weighted by atomic mass is 9.84. The molecule has 1 fully saturated rings.